The van der Waals surface area contributed by atoms with Gasteiger partial charge in [0.15, 0.2) is 0 Å². The van der Waals surface area contributed by atoms with E-state index in [0.29, 0.717) is 10.5 Å². The van der Waals surface area contributed by atoms with Crippen molar-refractivity contribution in [2.75, 3.05) is 0 Å². The first-order chi connectivity index (χ1) is 9.22. The number of para-hydroxylation sites is 1. The Kier molecular flexibility index (Phi) is 3.13. The molecule has 94 valence electrons. The lowest BCUT2D eigenvalue weighted by Crippen LogP contribution is -2.01. The minimum atomic E-state index is -0.287. The van der Waals surface area contributed by atoms with E-state index in [1.165, 1.54) is 17.3 Å². The van der Waals surface area contributed by atoms with E-state index in [-0.39, 0.29) is 5.63 Å². The van der Waals surface area contributed by atoms with Gasteiger partial charge in [0.1, 0.15) is 5.58 Å². The van der Waals surface area contributed by atoms with Crippen molar-refractivity contribution >= 4 is 22.7 Å². The van der Waals surface area contributed by atoms with Crippen molar-refractivity contribution in [3.05, 3.63) is 70.6 Å². The first-order valence-electron chi connectivity index (χ1n) is 6.00. The maximum atomic E-state index is 11.9. The first-order valence-corrected chi connectivity index (χ1v) is 6.81. The third kappa shape index (κ3) is 2.56. The van der Waals surface area contributed by atoms with Crippen LogP contribution in [0.4, 0.5) is 0 Å². The van der Waals surface area contributed by atoms with Crippen LogP contribution in [0.1, 0.15) is 5.56 Å². The van der Waals surface area contributed by atoms with E-state index < -0.39 is 0 Å². The van der Waals surface area contributed by atoms with Gasteiger partial charge < -0.3 is 4.42 Å². The molecule has 0 N–H and O–H groups in total. The van der Waals surface area contributed by atoms with Crippen LogP contribution in [0.2, 0.25) is 0 Å². The van der Waals surface area contributed by atoms with Gasteiger partial charge >= 0.3 is 5.63 Å². The molecule has 0 bridgehead atoms. The molecular formula is C16H12O2S. The first kappa shape index (κ1) is 12.1. The molecule has 2 nitrogen and oxygen atoms in total. The summed E-state index contributed by atoms with van der Waals surface area (Å²) in [6.45, 7) is 2.03. The van der Waals surface area contributed by atoms with Crippen molar-refractivity contribution in [3.8, 4) is 0 Å². The largest absolute Gasteiger partial charge is 0.422 e. The van der Waals surface area contributed by atoms with Crippen LogP contribution in [0.25, 0.3) is 11.0 Å². The second-order valence-electron chi connectivity index (χ2n) is 4.35. The summed E-state index contributed by atoms with van der Waals surface area (Å²) < 4.78 is 5.32. The molecule has 0 saturated carbocycles. The highest BCUT2D eigenvalue weighted by Crippen LogP contribution is 2.27. The van der Waals surface area contributed by atoms with Crippen molar-refractivity contribution in [2.45, 2.75) is 16.7 Å². The Morgan fingerprint density at radius 3 is 2.68 bits per heavy atom. The predicted octanol–water partition coefficient (Wildman–Crippen LogP) is 4.25. The topological polar surface area (TPSA) is 30.2 Å². The van der Waals surface area contributed by atoms with Crippen LogP contribution < -0.4 is 5.63 Å². The summed E-state index contributed by atoms with van der Waals surface area (Å²) in [7, 11) is 0. The zero-order valence-electron chi connectivity index (χ0n) is 10.4. The Labute approximate surface area is 115 Å². The summed E-state index contributed by atoms with van der Waals surface area (Å²) in [6, 6.07) is 17.5. The molecule has 0 aliphatic carbocycles. The Hall–Kier alpha value is -2.00. The SMILES string of the molecule is Cc1cccc(Sc2cc3ccccc3oc2=O)c1. The summed E-state index contributed by atoms with van der Waals surface area (Å²) in [4.78, 5) is 13.6. The van der Waals surface area contributed by atoms with E-state index in [1.54, 1.807) is 6.07 Å². The van der Waals surface area contributed by atoms with E-state index in [0.717, 1.165) is 10.3 Å². The van der Waals surface area contributed by atoms with Crippen molar-refractivity contribution in [1.29, 1.82) is 0 Å². The highest BCUT2D eigenvalue weighted by Gasteiger charge is 2.06. The summed E-state index contributed by atoms with van der Waals surface area (Å²) in [5.74, 6) is 0. The Morgan fingerprint density at radius 2 is 1.84 bits per heavy atom. The lowest BCUT2D eigenvalue weighted by atomic mass is 10.2. The second kappa shape index (κ2) is 4.94. The van der Waals surface area contributed by atoms with Gasteiger partial charge in [0.05, 0.1) is 4.90 Å². The van der Waals surface area contributed by atoms with Gasteiger partial charge in [0.2, 0.25) is 0 Å². The van der Waals surface area contributed by atoms with Gasteiger partial charge in [-0.3, -0.25) is 0 Å². The van der Waals surface area contributed by atoms with Gasteiger partial charge in [-0.15, -0.1) is 0 Å². The highest BCUT2D eigenvalue weighted by molar-refractivity contribution is 7.99. The summed E-state index contributed by atoms with van der Waals surface area (Å²) in [5.41, 5.74) is 1.52. The Bertz CT molecular complexity index is 790. The zero-order chi connectivity index (χ0) is 13.2. The lowest BCUT2D eigenvalue weighted by Gasteiger charge is -2.03. The molecule has 1 heterocycles. The average Bonchev–Trinajstić information content (AvgIpc) is 2.40. The molecule has 0 fully saturated rings. The van der Waals surface area contributed by atoms with Gasteiger partial charge in [-0.25, -0.2) is 4.79 Å². The molecule has 0 aliphatic heterocycles. The fourth-order valence-corrected chi connectivity index (χ4v) is 2.88. The molecule has 0 unspecified atom stereocenters. The van der Waals surface area contributed by atoms with Crippen molar-refractivity contribution in [1.82, 2.24) is 0 Å². The van der Waals surface area contributed by atoms with Crippen LogP contribution in [0.15, 0.2) is 73.6 Å². The normalized spacial score (nSPS) is 10.8. The number of hydrogen-bond acceptors (Lipinski definition) is 3. The summed E-state index contributed by atoms with van der Waals surface area (Å²) in [6.07, 6.45) is 0. The lowest BCUT2D eigenvalue weighted by molar-refractivity contribution is 0.544. The molecule has 0 spiro atoms. The molecule has 0 atom stereocenters. The second-order valence-corrected chi connectivity index (χ2v) is 5.47. The minimum absolute atomic E-state index is 0.287. The number of benzene rings is 2. The van der Waals surface area contributed by atoms with Crippen molar-refractivity contribution in [2.24, 2.45) is 0 Å². The molecule has 0 aliphatic rings. The van der Waals surface area contributed by atoms with Gasteiger partial charge in [-0.1, -0.05) is 47.7 Å². The molecule has 19 heavy (non-hydrogen) atoms. The highest BCUT2D eigenvalue weighted by atomic mass is 32.2. The Morgan fingerprint density at radius 1 is 1.00 bits per heavy atom. The Balaban J connectivity index is 2.05. The standard InChI is InChI=1S/C16H12O2S/c1-11-5-4-7-13(9-11)19-15-10-12-6-2-3-8-14(12)18-16(15)17/h2-10H,1H3. The summed E-state index contributed by atoms with van der Waals surface area (Å²) in [5, 5.41) is 0.942. The molecule has 0 saturated heterocycles. The van der Waals surface area contributed by atoms with E-state index in [1.807, 2.05) is 49.4 Å². The van der Waals surface area contributed by atoms with E-state index in [2.05, 4.69) is 6.07 Å². The van der Waals surface area contributed by atoms with Crippen LogP contribution in [0.5, 0.6) is 0 Å². The van der Waals surface area contributed by atoms with Crippen LogP contribution in [0, 0.1) is 6.92 Å². The van der Waals surface area contributed by atoms with Crippen molar-refractivity contribution < 1.29 is 4.42 Å². The number of hydrogen-bond donors (Lipinski definition) is 0. The molecule has 0 amide bonds. The quantitative estimate of drug-likeness (QED) is 0.651. The number of rotatable bonds is 2. The third-order valence-electron chi connectivity index (χ3n) is 2.83. The average molecular weight is 268 g/mol. The molecule has 3 aromatic rings. The van der Waals surface area contributed by atoms with Crippen LogP contribution in [-0.4, -0.2) is 0 Å². The van der Waals surface area contributed by atoms with Gasteiger partial charge in [0, 0.05) is 10.3 Å². The van der Waals surface area contributed by atoms with Crippen LogP contribution in [-0.2, 0) is 0 Å². The maximum absolute atomic E-state index is 11.9. The summed E-state index contributed by atoms with van der Waals surface area (Å²) >= 11 is 1.44. The molecule has 0 radical (unpaired) electrons. The molecule has 3 rings (SSSR count). The zero-order valence-corrected chi connectivity index (χ0v) is 11.2. The monoisotopic (exact) mass is 268 g/mol. The van der Waals surface area contributed by atoms with Crippen LogP contribution in [0.3, 0.4) is 0 Å². The molecular weight excluding hydrogens is 256 g/mol. The molecule has 1 aromatic heterocycles. The maximum Gasteiger partial charge on any atom is 0.350 e. The molecule has 3 heteroatoms. The fourth-order valence-electron chi connectivity index (χ4n) is 1.92. The fraction of sp³-hybridized carbons (Fsp3) is 0.0625. The predicted molar refractivity (Wildman–Crippen MR) is 77.8 cm³/mol. The van der Waals surface area contributed by atoms with E-state index >= 15 is 0 Å². The minimum Gasteiger partial charge on any atom is -0.422 e. The third-order valence-corrected chi connectivity index (χ3v) is 3.82. The number of fused-ring (bicyclic) bond motifs is 1. The van der Waals surface area contributed by atoms with E-state index in [9.17, 15) is 4.79 Å². The molecule has 2 aromatic carbocycles. The smallest absolute Gasteiger partial charge is 0.350 e. The number of aryl methyl sites for hydroxylation is 1. The van der Waals surface area contributed by atoms with Crippen molar-refractivity contribution in [3.63, 3.8) is 0 Å². The van der Waals surface area contributed by atoms with Crippen LogP contribution >= 0.6 is 11.8 Å². The van der Waals surface area contributed by atoms with Gasteiger partial charge in [-0.05, 0) is 31.2 Å². The van der Waals surface area contributed by atoms with Gasteiger partial charge in [0.25, 0.3) is 0 Å². The van der Waals surface area contributed by atoms with E-state index in [4.69, 9.17) is 4.42 Å². The van der Waals surface area contributed by atoms with Gasteiger partial charge in [-0.2, -0.15) is 0 Å².